The van der Waals surface area contributed by atoms with E-state index >= 15 is 0 Å². The first-order chi connectivity index (χ1) is 7.17. The lowest BCUT2D eigenvalue weighted by Gasteiger charge is -2.20. The van der Waals surface area contributed by atoms with E-state index in [1.807, 2.05) is 0 Å². The SMILES string of the molecule is CCCCC(O)C(CCCC)C(=O)OC. The van der Waals surface area contributed by atoms with E-state index in [9.17, 15) is 9.90 Å². The quantitative estimate of drug-likeness (QED) is 0.634. The number of unbranched alkanes of at least 4 members (excludes halogenated alkanes) is 2. The van der Waals surface area contributed by atoms with E-state index in [0.717, 1.165) is 32.1 Å². The molecule has 3 nitrogen and oxygen atoms in total. The molecule has 1 N–H and O–H groups in total. The van der Waals surface area contributed by atoms with Gasteiger partial charge in [-0.15, -0.1) is 0 Å². The number of ether oxygens (including phenoxy) is 1. The molecule has 2 atom stereocenters. The van der Waals surface area contributed by atoms with Crippen molar-refractivity contribution in [2.45, 2.75) is 58.5 Å². The molecular weight excluding hydrogens is 192 g/mol. The minimum atomic E-state index is -0.538. The third kappa shape index (κ3) is 5.78. The molecule has 0 saturated heterocycles. The second-order valence-electron chi connectivity index (χ2n) is 3.98. The summed E-state index contributed by atoms with van der Waals surface area (Å²) in [6.07, 6.45) is 4.88. The van der Waals surface area contributed by atoms with Crippen LogP contribution in [0.25, 0.3) is 0 Å². The van der Waals surface area contributed by atoms with Crippen LogP contribution in [0.4, 0.5) is 0 Å². The molecule has 2 unspecified atom stereocenters. The average Bonchev–Trinajstić information content (AvgIpc) is 2.26. The molecule has 0 radical (unpaired) electrons. The van der Waals surface area contributed by atoms with Crippen LogP contribution in [-0.4, -0.2) is 24.3 Å². The number of hydrogen-bond acceptors (Lipinski definition) is 3. The van der Waals surface area contributed by atoms with E-state index in [-0.39, 0.29) is 11.9 Å². The van der Waals surface area contributed by atoms with Gasteiger partial charge in [0.1, 0.15) is 0 Å². The number of methoxy groups -OCH3 is 1. The Morgan fingerprint density at radius 2 is 1.73 bits per heavy atom. The minimum absolute atomic E-state index is 0.271. The zero-order valence-corrected chi connectivity index (χ0v) is 10.2. The van der Waals surface area contributed by atoms with E-state index in [1.165, 1.54) is 7.11 Å². The maximum absolute atomic E-state index is 11.4. The third-order valence-electron chi connectivity index (χ3n) is 2.69. The molecule has 0 aromatic rings. The van der Waals surface area contributed by atoms with Crippen molar-refractivity contribution in [1.82, 2.24) is 0 Å². The van der Waals surface area contributed by atoms with Gasteiger partial charge in [-0.25, -0.2) is 0 Å². The summed E-state index contributed by atoms with van der Waals surface area (Å²) in [4.78, 5) is 11.4. The Labute approximate surface area is 92.8 Å². The number of aliphatic hydroxyl groups excluding tert-OH is 1. The summed E-state index contributed by atoms with van der Waals surface area (Å²) in [5.74, 6) is -0.603. The Bertz CT molecular complexity index is 168. The largest absolute Gasteiger partial charge is 0.469 e. The van der Waals surface area contributed by atoms with Crippen molar-refractivity contribution < 1.29 is 14.6 Å². The number of carbonyl (C=O) groups is 1. The molecular formula is C12H24O3. The molecule has 0 bridgehead atoms. The maximum Gasteiger partial charge on any atom is 0.311 e. The van der Waals surface area contributed by atoms with Crippen molar-refractivity contribution in [3.05, 3.63) is 0 Å². The molecule has 0 saturated carbocycles. The topological polar surface area (TPSA) is 46.5 Å². The van der Waals surface area contributed by atoms with Gasteiger partial charge >= 0.3 is 5.97 Å². The standard InChI is InChI=1S/C12H24O3/c1-4-6-8-10(12(14)15-3)11(13)9-7-5-2/h10-11,13H,4-9H2,1-3H3. The zero-order chi connectivity index (χ0) is 11.7. The van der Waals surface area contributed by atoms with Gasteiger partial charge in [-0.05, 0) is 12.8 Å². The lowest BCUT2D eigenvalue weighted by Crippen LogP contribution is -2.29. The number of carbonyl (C=O) groups excluding carboxylic acids is 1. The van der Waals surface area contributed by atoms with Crippen molar-refractivity contribution in [2.24, 2.45) is 5.92 Å². The van der Waals surface area contributed by atoms with Crippen LogP contribution in [0.3, 0.4) is 0 Å². The summed E-state index contributed by atoms with van der Waals surface area (Å²) in [5.41, 5.74) is 0. The monoisotopic (exact) mass is 216 g/mol. The van der Waals surface area contributed by atoms with Crippen molar-refractivity contribution in [2.75, 3.05) is 7.11 Å². The fourth-order valence-electron chi connectivity index (χ4n) is 1.66. The van der Waals surface area contributed by atoms with Gasteiger partial charge in [-0.3, -0.25) is 4.79 Å². The van der Waals surface area contributed by atoms with Gasteiger partial charge in [0.15, 0.2) is 0 Å². The number of aliphatic hydroxyl groups is 1. The Morgan fingerprint density at radius 1 is 1.20 bits per heavy atom. The van der Waals surface area contributed by atoms with Crippen molar-refractivity contribution in [3.8, 4) is 0 Å². The van der Waals surface area contributed by atoms with Gasteiger partial charge in [0.2, 0.25) is 0 Å². The highest BCUT2D eigenvalue weighted by molar-refractivity contribution is 5.72. The molecule has 0 aromatic carbocycles. The Balaban J connectivity index is 4.13. The van der Waals surface area contributed by atoms with Crippen LogP contribution in [0.2, 0.25) is 0 Å². The fraction of sp³-hybridized carbons (Fsp3) is 0.917. The molecule has 0 amide bonds. The van der Waals surface area contributed by atoms with Gasteiger partial charge in [0, 0.05) is 0 Å². The summed E-state index contributed by atoms with van der Waals surface area (Å²) < 4.78 is 4.71. The first-order valence-electron chi connectivity index (χ1n) is 5.93. The molecule has 0 aliphatic heterocycles. The molecule has 0 fully saturated rings. The van der Waals surface area contributed by atoms with Gasteiger partial charge < -0.3 is 9.84 Å². The highest BCUT2D eigenvalue weighted by atomic mass is 16.5. The van der Waals surface area contributed by atoms with Gasteiger partial charge in [0.25, 0.3) is 0 Å². The summed E-state index contributed by atoms with van der Waals surface area (Å²) >= 11 is 0. The average molecular weight is 216 g/mol. The summed E-state index contributed by atoms with van der Waals surface area (Å²) in [7, 11) is 1.38. The smallest absolute Gasteiger partial charge is 0.311 e. The van der Waals surface area contributed by atoms with Gasteiger partial charge in [-0.1, -0.05) is 39.5 Å². The number of rotatable bonds is 8. The van der Waals surface area contributed by atoms with E-state index in [2.05, 4.69) is 13.8 Å². The van der Waals surface area contributed by atoms with Crippen LogP contribution in [-0.2, 0) is 9.53 Å². The minimum Gasteiger partial charge on any atom is -0.469 e. The van der Waals surface area contributed by atoms with Crippen LogP contribution in [0.15, 0.2) is 0 Å². The Hall–Kier alpha value is -0.570. The highest BCUT2D eigenvalue weighted by Crippen LogP contribution is 2.19. The van der Waals surface area contributed by atoms with Crippen LogP contribution in [0, 0.1) is 5.92 Å². The predicted molar refractivity (Wildman–Crippen MR) is 60.6 cm³/mol. The fourth-order valence-corrected chi connectivity index (χ4v) is 1.66. The van der Waals surface area contributed by atoms with Crippen LogP contribution < -0.4 is 0 Å². The highest BCUT2D eigenvalue weighted by Gasteiger charge is 2.26. The zero-order valence-electron chi connectivity index (χ0n) is 10.2. The van der Waals surface area contributed by atoms with E-state index < -0.39 is 6.10 Å². The predicted octanol–water partition coefficient (Wildman–Crippen LogP) is 2.52. The molecule has 0 heterocycles. The number of hydrogen-bond donors (Lipinski definition) is 1. The molecule has 0 rings (SSSR count). The van der Waals surface area contributed by atoms with Crippen LogP contribution in [0.5, 0.6) is 0 Å². The van der Waals surface area contributed by atoms with Gasteiger partial charge in [-0.2, -0.15) is 0 Å². The Kier molecular flexibility index (Phi) is 8.38. The molecule has 0 spiro atoms. The molecule has 15 heavy (non-hydrogen) atoms. The second-order valence-corrected chi connectivity index (χ2v) is 3.98. The lowest BCUT2D eigenvalue weighted by molar-refractivity contribution is -0.150. The Morgan fingerprint density at radius 3 is 2.20 bits per heavy atom. The van der Waals surface area contributed by atoms with Gasteiger partial charge in [0.05, 0.1) is 19.1 Å². The lowest BCUT2D eigenvalue weighted by atomic mass is 9.93. The first kappa shape index (κ1) is 14.4. The molecule has 90 valence electrons. The van der Waals surface area contributed by atoms with Crippen molar-refractivity contribution in [3.63, 3.8) is 0 Å². The van der Waals surface area contributed by atoms with E-state index in [0.29, 0.717) is 6.42 Å². The molecule has 0 aliphatic carbocycles. The third-order valence-corrected chi connectivity index (χ3v) is 2.69. The second kappa shape index (κ2) is 8.72. The first-order valence-corrected chi connectivity index (χ1v) is 5.93. The normalized spacial score (nSPS) is 14.7. The van der Waals surface area contributed by atoms with Crippen LogP contribution in [0.1, 0.15) is 52.4 Å². The van der Waals surface area contributed by atoms with E-state index in [1.54, 1.807) is 0 Å². The number of esters is 1. The van der Waals surface area contributed by atoms with Crippen LogP contribution >= 0.6 is 0 Å². The molecule has 0 aliphatic rings. The maximum atomic E-state index is 11.4. The van der Waals surface area contributed by atoms with Crippen molar-refractivity contribution in [1.29, 1.82) is 0 Å². The summed E-state index contributed by atoms with van der Waals surface area (Å²) in [6.45, 7) is 4.15. The summed E-state index contributed by atoms with van der Waals surface area (Å²) in [5, 5.41) is 9.87. The summed E-state index contributed by atoms with van der Waals surface area (Å²) in [6, 6.07) is 0. The van der Waals surface area contributed by atoms with Crippen molar-refractivity contribution >= 4 is 5.97 Å². The molecule has 0 aromatic heterocycles. The van der Waals surface area contributed by atoms with E-state index in [4.69, 9.17) is 4.74 Å². The molecule has 3 heteroatoms.